The molecule has 8 nitrogen and oxygen atoms in total. The standard InChI is InChI=1S/C15H15FN6O2S.2C2H6/c1-8-4-18-13-12(19-8)11(7-22(13)25-16)14(23)20-9(2)15(24)21-5-10(3-17)6-21;2*1-2/h4,7,9-10H,5-6H2,1-2H3,(H,20,23);2*1-2H3/t9-;;/m1../s1. The lowest BCUT2D eigenvalue weighted by Crippen LogP contribution is -2.55. The molecule has 2 aromatic heterocycles. The number of amides is 2. The van der Waals surface area contributed by atoms with Crippen LogP contribution in [-0.2, 0) is 4.79 Å². The van der Waals surface area contributed by atoms with Crippen molar-refractivity contribution in [2.45, 2.75) is 47.6 Å². The molecule has 1 aliphatic rings. The van der Waals surface area contributed by atoms with E-state index in [2.05, 4.69) is 21.4 Å². The molecule has 10 heteroatoms. The number of hydrogen-bond acceptors (Lipinski definition) is 6. The molecule has 0 bridgehead atoms. The smallest absolute Gasteiger partial charge is 0.255 e. The van der Waals surface area contributed by atoms with Gasteiger partial charge in [-0.25, -0.2) is 13.9 Å². The number of likely N-dealkylation sites (tertiary alicyclic amines) is 1. The molecular formula is C19H27FN6O2S. The molecule has 1 saturated heterocycles. The van der Waals surface area contributed by atoms with Crippen LogP contribution in [0.4, 0.5) is 3.89 Å². The fraction of sp³-hybridized carbons (Fsp3) is 0.526. The predicted octanol–water partition coefficient (Wildman–Crippen LogP) is 3.27. The molecule has 0 spiro atoms. The van der Waals surface area contributed by atoms with Gasteiger partial charge in [0, 0.05) is 19.3 Å². The molecule has 158 valence electrons. The highest BCUT2D eigenvalue weighted by molar-refractivity contribution is 7.92. The highest BCUT2D eigenvalue weighted by atomic mass is 32.2. The zero-order valence-corrected chi connectivity index (χ0v) is 18.4. The third-order valence-electron chi connectivity index (χ3n) is 4.00. The molecule has 0 saturated carbocycles. The Labute approximate surface area is 174 Å². The minimum atomic E-state index is -0.763. The van der Waals surface area contributed by atoms with E-state index in [1.54, 1.807) is 13.8 Å². The third-order valence-corrected chi connectivity index (χ3v) is 4.42. The van der Waals surface area contributed by atoms with Crippen LogP contribution in [0.3, 0.4) is 0 Å². The number of hydrogen-bond donors (Lipinski definition) is 1. The zero-order chi connectivity index (χ0) is 22.1. The maximum Gasteiger partial charge on any atom is 0.255 e. The average Bonchev–Trinajstić information content (AvgIpc) is 3.08. The molecule has 1 atom stereocenters. The summed E-state index contributed by atoms with van der Waals surface area (Å²) in [5.41, 5.74) is 1.25. The van der Waals surface area contributed by atoms with Crippen molar-refractivity contribution in [1.29, 1.82) is 5.26 Å². The molecule has 1 fully saturated rings. The SMILES string of the molecule is CC.CC.Cc1cnc2c(n1)c(C(=O)N[C@H](C)C(=O)N1CC(C#N)C1)cn2SF. The number of aromatic nitrogens is 3. The average molecular weight is 423 g/mol. The van der Waals surface area contributed by atoms with Crippen molar-refractivity contribution in [2.24, 2.45) is 5.92 Å². The van der Waals surface area contributed by atoms with E-state index in [1.807, 2.05) is 27.7 Å². The van der Waals surface area contributed by atoms with Gasteiger partial charge in [-0.15, -0.1) is 3.89 Å². The second-order valence-corrected chi connectivity index (χ2v) is 6.42. The van der Waals surface area contributed by atoms with Crippen LogP contribution in [0.5, 0.6) is 0 Å². The summed E-state index contributed by atoms with van der Waals surface area (Å²) in [6.07, 6.45) is 2.79. The van der Waals surface area contributed by atoms with Gasteiger partial charge in [-0.05, 0) is 13.8 Å². The highest BCUT2D eigenvalue weighted by Crippen LogP contribution is 2.23. The Morgan fingerprint density at radius 1 is 1.34 bits per heavy atom. The number of aryl methyl sites for hydroxylation is 1. The second-order valence-electron chi connectivity index (χ2n) is 5.89. The zero-order valence-electron chi connectivity index (χ0n) is 17.6. The number of carbonyl (C=O) groups is 2. The summed E-state index contributed by atoms with van der Waals surface area (Å²) in [5.74, 6) is -0.939. The van der Waals surface area contributed by atoms with Gasteiger partial charge in [0.15, 0.2) is 18.0 Å². The van der Waals surface area contributed by atoms with Crippen molar-refractivity contribution in [1.82, 2.24) is 24.2 Å². The largest absolute Gasteiger partial charge is 0.340 e. The summed E-state index contributed by atoms with van der Waals surface area (Å²) in [7, 11) is 0. The summed E-state index contributed by atoms with van der Waals surface area (Å²) >= 11 is -0.0837. The van der Waals surface area contributed by atoms with Crippen LogP contribution in [0.1, 0.15) is 50.7 Å². The number of rotatable bonds is 4. The van der Waals surface area contributed by atoms with Crippen LogP contribution < -0.4 is 5.32 Å². The van der Waals surface area contributed by atoms with Crippen molar-refractivity contribution in [2.75, 3.05) is 13.1 Å². The van der Waals surface area contributed by atoms with Crippen molar-refractivity contribution < 1.29 is 13.5 Å². The van der Waals surface area contributed by atoms with E-state index in [1.165, 1.54) is 17.3 Å². The topological polar surface area (TPSA) is 104 Å². The van der Waals surface area contributed by atoms with Gasteiger partial charge >= 0.3 is 0 Å². The Morgan fingerprint density at radius 3 is 2.52 bits per heavy atom. The maximum absolute atomic E-state index is 13.0. The molecule has 3 heterocycles. The van der Waals surface area contributed by atoms with Gasteiger partial charge in [-0.2, -0.15) is 5.26 Å². The first-order chi connectivity index (χ1) is 13.9. The molecule has 3 rings (SSSR count). The Kier molecular flexibility index (Phi) is 9.55. The van der Waals surface area contributed by atoms with Crippen molar-refractivity contribution in [3.05, 3.63) is 23.7 Å². The summed E-state index contributed by atoms with van der Waals surface area (Å²) in [5, 5.41) is 11.4. The maximum atomic E-state index is 13.0. The summed E-state index contributed by atoms with van der Waals surface area (Å²) in [4.78, 5) is 34.6. The van der Waals surface area contributed by atoms with E-state index in [0.29, 0.717) is 18.8 Å². The van der Waals surface area contributed by atoms with Crippen LogP contribution in [0.15, 0.2) is 12.4 Å². The molecule has 0 unspecified atom stereocenters. The van der Waals surface area contributed by atoms with Gasteiger partial charge in [0.2, 0.25) is 5.91 Å². The summed E-state index contributed by atoms with van der Waals surface area (Å²) in [6.45, 7) is 12.0. The minimum absolute atomic E-state index is 0.0837. The molecule has 1 aliphatic heterocycles. The Morgan fingerprint density at radius 2 is 1.97 bits per heavy atom. The highest BCUT2D eigenvalue weighted by Gasteiger charge is 2.33. The number of nitriles is 1. The Bertz CT molecular complexity index is 889. The molecule has 0 aromatic carbocycles. The van der Waals surface area contributed by atoms with Gasteiger partial charge in [-0.1, -0.05) is 27.7 Å². The van der Waals surface area contributed by atoms with Crippen molar-refractivity contribution in [3.8, 4) is 6.07 Å². The molecule has 0 aliphatic carbocycles. The van der Waals surface area contributed by atoms with Crippen LogP contribution in [0.25, 0.3) is 11.2 Å². The second kappa shape index (κ2) is 11.4. The van der Waals surface area contributed by atoms with E-state index in [4.69, 9.17) is 5.26 Å². The lowest BCUT2D eigenvalue weighted by Gasteiger charge is -2.37. The third kappa shape index (κ3) is 5.44. The van der Waals surface area contributed by atoms with E-state index >= 15 is 0 Å². The van der Waals surface area contributed by atoms with Gasteiger partial charge in [0.05, 0.1) is 29.4 Å². The lowest BCUT2D eigenvalue weighted by atomic mass is 10.0. The molecule has 29 heavy (non-hydrogen) atoms. The predicted molar refractivity (Wildman–Crippen MR) is 112 cm³/mol. The number of carbonyl (C=O) groups excluding carboxylic acids is 2. The molecule has 2 aromatic rings. The number of fused-ring (bicyclic) bond motifs is 1. The lowest BCUT2D eigenvalue weighted by molar-refractivity contribution is -0.137. The van der Waals surface area contributed by atoms with Crippen molar-refractivity contribution >= 4 is 35.3 Å². The monoisotopic (exact) mass is 422 g/mol. The first-order valence-electron chi connectivity index (χ1n) is 9.57. The van der Waals surface area contributed by atoms with E-state index in [-0.39, 0.29) is 40.9 Å². The molecule has 0 radical (unpaired) electrons. The van der Waals surface area contributed by atoms with Crippen LogP contribution in [0, 0.1) is 24.2 Å². The van der Waals surface area contributed by atoms with Crippen molar-refractivity contribution in [3.63, 3.8) is 0 Å². The number of nitrogens with zero attached hydrogens (tertiary/aromatic N) is 5. The van der Waals surface area contributed by atoms with Gasteiger partial charge in [-0.3, -0.25) is 9.59 Å². The number of halogens is 1. The summed E-state index contributed by atoms with van der Waals surface area (Å²) < 4.78 is 14.2. The van der Waals surface area contributed by atoms with Crippen LogP contribution >= 0.6 is 12.3 Å². The van der Waals surface area contributed by atoms with E-state index in [9.17, 15) is 13.5 Å². The molecule has 2 amide bonds. The first-order valence-corrected chi connectivity index (χ1v) is 10.2. The fourth-order valence-corrected chi connectivity index (χ4v) is 2.97. The van der Waals surface area contributed by atoms with E-state index in [0.717, 1.165) is 3.97 Å². The normalized spacial score (nSPS) is 13.8. The van der Waals surface area contributed by atoms with Gasteiger partial charge < -0.3 is 10.2 Å². The van der Waals surface area contributed by atoms with Gasteiger partial charge in [0.1, 0.15) is 11.6 Å². The Balaban J connectivity index is 0.000000989. The van der Waals surface area contributed by atoms with E-state index < -0.39 is 11.9 Å². The fourth-order valence-electron chi connectivity index (χ4n) is 2.62. The first kappa shape index (κ1) is 24.4. The molecular weight excluding hydrogens is 395 g/mol. The molecule has 1 N–H and O–H groups in total. The Hall–Kier alpha value is -2.67. The van der Waals surface area contributed by atoms with Crippen LogP contribution in [0.2, 0.25) is 0 Å². The summed E-state index contributed by atoms with van der Waals surface area (Å²) in [6, 6.07) is 1.33. The minimum Gasteiger partial charge on any atom is -0.340 e. The quantitative estimate of drug-likeness (QED) is 0.811. The van der Waals surface area contributed by atoms with Crippen LogP contribution in [-0.4, -0.2) is 49.8 Å². The van der Waals surface area contributed by atoms with Gasteiger partial charge in [0.25, 0.3) is 5.91 Å². The number of nitrogens with one attached hydrogen (secondary N) is 1.